The zero-order valence-electron chi connectivity index (χ0n) is 41.9. The van der Waals surface area contributed by atoms with E-state index in [4.69, 9.17) is 18.9 Å². The first-order chi connectivity index (χ1) is 30.7. The summed E-state index contributed by atoms with van der Waals surface area (Å²) in [5, 5.41) is 0. The zero-order chi connectivity index (χ0) is 46.0. The molecular weight excluding hydrogens is 793 g/mol. The van der Waals surface area contributed by atoms with Gasteiger partial charge in [-0.3, -0.25) is 24.1 Å². The number of hydrogen-bond acceptors (Lipinski definition) is 10. The Balaban J connectivity index is 2.36. The number of ether oxygens (including phenoxy) is 4. The van der Waals surface area contributed by atoms with Gasteiger partial charge in [-0.2, -0.15) is 0 Å². The van der Waals surface area contributed by atoms with Gasteiger partial charge in [0.2, 0.25) is 0 Å². The number of nitrogens with zero attached hydrogens (tertiary/aromatic N) is 2. The van der Waals surface area contributed by atoms with Gasteiger partial charge in [0.1, 0.15) is 18.2 Å². The summed E-state index contributed by atoms with van der Waals surface area (Å²) in [5.74, 6) is -0.638. The van der Waals surface area contributed by atoms with Crippen LogP contribution in [0.2, 0.25) is 0 Å². The summed E-state index contributed by atoms with van der Waals surface area (Å²) in [4.78, 5) is 55.0. The molecule has 0 aromatic carbocycles. The first kappa shape index (κ1) is 58.8. The maximum absolute atomic E-state index is 13.3. The van der Waals surface area contributed by atoms with Crippen molar-refractivity contribution in [1.82, 2.24) is 9.80 Å². The molecule has 2 atom stereocenters. The fraction of sp³-hybridized carbons (Fsp3) is 0.925. The summed E-state index contributed by atoms with van der Waals surface area (Å²) in [6.45, 7) is 9.45. The van der Waals surface area contributed by atoms with Crippen molar-refractivity contribution in [3.05, 3.63) is 0 Å². The highest BCUT2D eigenvalue weighted by Crippen LogP contribution is 2.24. The predicted octanol–water partition coefficient (Wildman–Crippen LogP) is 13.2. The van der Waals surface area contributed by atoms with Gasteiger partial charge < -0.3 is 23.8 Å². The average molecular weight is 893 g/mol. The minimum atomic E-state index is -0.436. The van der Waals surface area contributed by atoms with Crippen LogP contribution in [0.4, 0.5) is 0 Å². The second-order valence-corrected chi connectivity index (χ2v) is 19.0. The maximum atomic E-state index is 13.3. The van der Waals surface area contributed by atoms with Gasteiger partial charge in [-0.15, -0.1) is 0 Å². The molecule has 10 heteroatoms. The van der Waals surface area contributed by atoms with Crippen molar-refractivity contribution in [2.75, 3.05) is 46.9 Å². The highest BCUT2D eigenvalue weighted by atomic mass is 16.6. The molecule has 1 heterocycles. The smallest absolute Gasteiger partial charge is 0.323 e. The Labute approximate surface area is 387 Å². The molecule has 370 valence electrons. The number of carbonyl (C=O) groups excluding carboxylic acids is 4. The Bertz CT molecular complexity index is 1090. The van der Waals surface area contributed by atoms with E-state index in [0.29, 0.717) is 58.5 Å². The zero-order valence-corrected chi connectivity index (χ0v) is 41.9. The number of likely N-dealkylation sites (tertiary alicyclic amines) is 1. The molecule has 0 radical (unpaired) electrons. The standard InChI is InChI=1S/C53H100N2O8/c1-6-9-12-15-18-19-21-26-34-43-60-50(56)38-32-28-33-41-55-46-48(63-52(58)40-42-54(4)5)45-49(55)53(59)61-44-35-27-22-20-25-31-39-51(57)62-47(36-29-23-16-13-10-7-2)37-30-24-17-14-11-8-3/h47-49H,6-46H2,1-5H3. The van der Waals surface area contributed by atoms with E-state index in [0.717, 1.165) is 96.3 Å². The van der Waals surface area contributed by atoms with E-state index in [1.165, 1.54) is 109 Å². The molecule has 0 amide bonds. The molecule has 2 unspecified atom stereocenters. The Hall–Kier alpha value is -2.20. The van der Waals surface area contributed by atoms with Crippen LogP contribution in [0.1, 0.15) is 252 Å². The second kappa shape index (κ2) is 42.4. The van der Waals surface area contributed by atoms with Crippen molar-refractivity contribution in [3.8, 4) is 0 Å². The molecular formula is C53H100N2O8. The van der Waals surface area contributed by atoms with Gasteiger partial charge >= 0.3 is 23.9 Å². The topological polar surface area (TPSA) is 112 Å². The van der Waals surface area contributed by atoms with E-state index >= 15 is 0 Å². The number of hydrogen-bond donors (Lipinski definition) is 0. The van der Waals surface area contributed by atoms with Crippen LogP contribution < -0.4 is 0 Å². The molecule has 0 N–H and O–H groups in total. The molecule has 1 fully saturated rings. The molecule has 0 spiro atoms. The second-order valence-electron chi connectivity index (χ2n) is 19.0. The number of carbonyl (C=O) groups is 4. The van der Waals surface area contributed by atoms with Crippen LogP contribution in [0.25, 0.3) is 0 Å². The number of esters is 4. The van der Waals surface area contributed by atoms with Crippen LogP contribution in [0, 0.1) is 0 Å². The first-order valence-corrected chi connectivity index (χ1v) is 26.8. The van der Waals surface area contributed by atoms with Gasteiger partial charge in [0.15, 0.2) is 0 Å². The fourth-order valence-electron chi connectivity index (χ4n) is 8.59. The Morgan fingerprint density at radius 2 is 0.952 bits per heavy atom. The first-order valence-electron chi connectivity index (χ1n) is 26.8. The van der Waals surface area contributed by atoms with Crippen molar-refractivity contribution >= 4 is 23.9 Å². The van der Waals surface area contributed by atoms with Gasteiger partial charge in [0.25, 0.3) is 0 Å². The fourth-order valence-corrected chi connectivity index (χ4v) is 8.59. The molecule has 0 aromatic heterocycles. The molecule has 1 saturated heterocycles. The third-order valence-electron chi connectivity index (χ3n) is 12.6. The summed E-state index contributed by atoms with van der Waals surface area (Å²) in [6, 6.07) is -0.436. The number of rotatable bonds is 45. The van der Waals surface area contributed by atoms with E-state index in [1.807, 2.05) is 19.0 Å². The highest BCUT2D eigenvalue weighted by Gasteiger charge is 2.39. The van der Waals surface area contributed by atoms with Crippen molar-refractivity contribution in [1.29, 1.82) is 0 Å². The molecule has 0 aliphatic carbocycles. The molecule has 0 aromatic rings. The van der Waals surface area contributed by atoms with Crippen LogP contribution in [0.3, 0.4) is 0 Å². The van der Waals surface area contributed by atoms with E-state index in [1.54, 1.807) is 0 Å². The van der Waals surface area contributed by atoms with Gasteiger partial charge in [0.05, 0.1) is 19.6 Å². The minimum absolute atomic E-state index is 0.0325. The van der Waals surface area contributed by atoms with E-state index in [-0.39, 0.29) is 36.1 Å². The Kier molecular flexibility index (Phi) is 39.6. The lowest BCUT2D eigenvalue weighted by atomic mass is 10.0. The van der Waals surface area contributed by atoms with Crippen LogP contribution in [-0.2, 0) is 38.1 Å². The summed E-state index contributed by atoms with van der Waals surface area (Å²) in [5.41, 5.74) is 0. The lowest BCUT2D eigenvalue weighted by Crippen LogP contribution is -2.38. The molecule has 0 bridgehead atoms. The van der Waals surface area contributed by atoms with Crippen molar-refractivity contribution < 1.29 is 38.1 Å². The van der Waals surface area contributed by atoms with Crippen LogP contribution in [0.5, 0.6) is 0 Å². The van der Waals surface area contributed by atoms with Crippen LogP contribution in [0.15, 0.2) is 0 Å². The lowest BCUT2D eigenvalue weighted by molar-refractivity contribution is -0.151. The highest BCUT2D eigenvalue weighted by molar-refractivity contribution is 5.76. The van der Waals surface area contributed by atoms with E-state index in [9.17, 15) is 19.2 Å². The summed E-state index contributed by atoms with van der Waals surface area (Å²) < 4.78 is 23.1. The summed E-state index contributed by atoms with van der Waals surface area (Å²) in [7, 11) is 3.86. The molecule has 1 rings (SSSR count). The van der Waals surface area contributed by atoms with E-state index < -0.39 is 6.04 Å². The number of unbranched alkanes of at least 4 members (excludes halogenated alkanes) is 25. The Morgan fingerprint density at radius 3 is 1.48 bits per heavy atom. The van der Waals surface area contributed by atoms with Crippen molar-refractivity contribution in [2.45, 2.75) is 270 Å². The van der Waals surface area contributed by atoms with Gasteiger partial charge in [0, 0.05) is 32.4 Å². The lowest BCUT2D eigenvalue weighted by Gasteiger charge is -2.22. The molecule has 63 heavy (non-hydrogen) atoms. The van der Waals surface area contributed by atoms with Crippen LogP contribution >= 0.6 is 0 Å². The quantitative estimate of drug-likeness (QED) is 0.0333. The largest absolute Gasteiger partial charge is 0.466 e. The van der Waals surface area contributed by atoms with Crippen LogP contribution in [-0.4, -0.2) is 98.9 Å². The SMILES string of the molecule is CCCCCCCCCCCOC(=O)CCCCCN1CC(OC(=O)CCN(C)C)CC1C(=O)OCCCCCCCCC(=O)OC(CCCCCCCC)CCCCCCCC. The molecule has 1 aliphatic rings. The monoisotopic (exact) mass is 893 g/mol. The summed E-state index contributed by atoms with van der Waals surface area (Å²) >= 11 is 0. The van der Waals surface area contributed by atoms with Crippen molar-refractivity contribution in [3.63, 3.8) is 0 Å². The third-order valence-corrected chi connectivity index (χ3v) is 12.6. The molecule has 1 aliphatic heterocycles. The Morgan fingerprint density at radius 1 is 0.508 bits per heavy atom. The summed E-state index contributed by atoms with van der Waals surface area (Å²) in [6.07, 6.45) is 37.8. The normalized spacial score (nSPS) is 15.3. The molecule has 10 nitrogen and oxygen atoms in total. The van der Waals surface area contributed by atoms with Crippen molar-refractivity contribution in [2.24, 2.45) is 0 Å². The van der Waals surface area contributed by atoms with Gasteiger partial charge in [-0.1, -0.05) is 168 Å². The minimum Gasteiger partial charge on any atom is -0.466 e. The molecule has 0 saturated carbocycles. The maximum Gasteiger partial charge on any atom is 0.323 e. The van der Waals surface area contributed by atoms with E-state index in [2.05, 4.69) is 25.7 Å². The van der Waals surface area contributed by atoms with Gasteiger partial charge in [-0.25, -0.2) is 0 Å². The predicted molar refractivity (Wildman–Crippen MR) is 259 cm³/mol. The average Bonchev–Trinajstić information content (AvgIpc) is 3.67. The third kappa shape index (κ3) is 35.7. The van der Waals surface area contributed by atoms with Gasteiger partial charge in [-0.05, 0) is 78.4 Å².